The molecule has 0 heterocycles. The maximum atomic E-state index is 13.0. The smallest absolute Gasteiger partial charge is 0.416 e. The number of aliphatic carboxylic acids is 1. The molecule has 2 amide bonds. The normalized spacial score (nSPS) is 11.9. The summed E-state index contributed by atoms with van der Waals surface area (Å²) in [6.07, 6.45) is -3.60. The number of benzene rings is 4. The number of carboxylic acids is 1. The minimum atomic E-state index is -4.46. The molecule has 0 spiro atoms. The largest absolute Gasteiger partial charge is 0.481 e. The molecule has 4 rings (SSSR count). The maximum Gasteiger partial charge on any atom is 0.416 e. The fourth-order valence-electron chi connectivity index (χ4n) is 4.57. The average Bonchev–Trinajstić information content (AvgIpc) is 2.95. The SMILES string of the molecule is Cc1cc(-c2ccc(NC(=O)Nc3ccc(C(F)(F)F)cc3)cc2)ccc1C(=O)CC(CCc1ccccc1)C(=O)O. The van der Waals surface area contributed by atoms with Crippen LogP contribution < -0.4 is 10.6 Å². The van der Waals surface area contributed by atoms with E-state index in [-0.39, 0.29) is 17.9 Å². The lowest BCUT2D eigenvalue weighted by atomic mass is 9.90. The van der Waals surface area contributed by atoms with Crippen LogP contribution in [0.15, 0.2) is 97.1 Å². The zero-order valence-electron chi connectivity index (χ0n) is 22.7. The van der Waals surface area contributed by atoms with Gasteiger partial charge in [0.05, 0.1) is 11.5 Å². The molecule has 216 valence electrons. The summed E-state index contributed by atoms with van der Waals surface area (Å²) in [4.78, 5) is 37.1. The van der Waals surface area contributed by atoms with Crippen molar-refractivity contribution in [3.8, 4) is 11.1 Å². The van der Waals surface area contributed by atoms with Crippen molar-refractivity contribution in [2.45, 2.75) is 32.4 Å². The van der Waals surface area contributed by atoms with Gasteiger partial charge in [0.15, 0.2) is 5.78 Å². The van der Waals surface area contributed by atoms with E-state index in [1.165, 1.54) is 12.1 Å². The summed E-state index contributed by atoms with van der Waals surface area (Å²) in [6.45, 7) is 1.80. The number of amides is 2. The van der Waals surface area contributed by atoms with E-state index in [4.69, 9.17) is 0 Å². The summed E-state index contributed by atoms with van der Waals surface area (Å²) in [5.74, 6) is -2.00. The summed E-state index contributed by atoms with van der Waals surface area (Å²) < 4.78 is 38.1. The lowest BCUT2D eigenvalue weighted by Gasteiger charge is -2.14. The van der Waals surface area contributed by atoms with Crippen LogP contribution in [0, 0.1) is 12.8 Å². The monoisotopic (exact) mass is 574 g/mol. The Labute approximate surface area is 241 Å². The lowest BCUT2D eigenvalue weighted by molar-refractivity contribution is -0.142. The van der Waals surface area contributed by atoms with Crippen molar-refractivity contribution in [2.75, 3.05) is 10.6 Å². The molecular formula is C33H29F3N2O4. The minimum absolute atomic E-state index is 0.0861. The predicted molar refractivity (Wildman–Crippen MR) is 156 cm³/mol. The number of hydrogen-bond donors (Lipinski definition) is 3. The van der Waals surface area contributed by atoms with Crippen molar-refractivity contribution in [2.24, 2.45) is 5.92 Å². The van der Waals surface area contributed by atoms with Gasteiger partial charge in [-0.2, -0.15) is 13.2 Å². The van der Waals surface area contributed by atoms with Crippen molar-refractivity contribution in [1.82, 2.24) is 0 Å². The molecule has 0 aliphatic carbocycles. The topological polar surface area (TPSA) is 95.5 Å². The summed E-state index contributed by atoms with van der Waals surface area (Å²) in [5.41, 5.74) is 3.78. The lowest BCUT2D eigenvalue weighted by Crippen LogP contribution is -2.19. The van der Waals surface area contributed by atoms with Crippen LogP contribution in [0.3, 0.4) is 0 Å². The maximum absolute atomic E-state index is 13.0. The number of urea groups is 1. The van der Waals surface area contributed by atoms with Gasteiger partial charge in [-0.3, -0.25) is 9.59 Å². The zero-order chi connectivity index (χ0) is 30.3. The Kier molecular flexibility index (Phi) is 9.42. The number of hydrogen-bond acceptors (Lipinski definition) is 3. The van der Waals surface area contributed by atoms with Gasteiger partial charge in [-0.1, -0.05) is 60.7 Å². The first kappa shape index (κ1) is 30.0. The standard InChI is InChI=1S/C33H29F3N2O4/c1-21-19-24(11-18-29(21)30(39)20-25(31(40)41)8-7-22-5-3-2-4-6-22)23-9-14-27(15-10-23)37-32(42)38-28-16-12-26(13-17-28)33(34,35)36/h2-6,9-19,25H,7-8,20H2,1H3,(H,40,41)(H2,37,38,42). The highest BCUT2D eigenvalue weighted by Crippen LogP contribution is 2.30. The van der Waals surface area contributed by atoms with Crippen molar-refractivity contribution < 1.29 is 32.7 Å². The van der Waals surface area contributed by atoms with Gasteiger partial charge < -0.3 is 15.7 Å². The molecule has 4 aromatic carbocycles. The third-order valence-corrected chi connectivity index (χ3v) is 6.88. The van der Waals surface area contributed by atoms with Crippen molar-refractivity contribution in [1.29, 1.82) is 0 Å². The second-order valence-corrected chi connectivity index (χ2v) is 9.95. The molecule has 42 heavy (non-hydrogen) atoms. The molecule has 0 aromatic heterocycles. The molecule has 0 radical (unpaired) electrons. The van der Waals surface area contributed by atoms with E-state index in [0.717, 1.165) is 34.4 Å². The molecule has 3 N–H and O–H groups in total. The third kappa shape index (κ3) is 8.06. The second-order valence-electron chi connectivity index (χ2n) is 9.95. The Morgan fingerprint density at radius 1 is 0.786 bits per heavy atom. The Morgan fingerprint density at radius 3 is 1.90 bits per heavy atom. The zero-order valence-corrected chi connectivity index (χ0v) is 22.7. The number of rotatable bonds is 10. The minimum Gasteiger partial charge on any atom is -0.481 e. The van der Waals surface area contributed by atoms with Crippen LogP contribution in [-0.2, 0) is 17.4 Å². The Bertz CT molecular complexity index is 1550. The van der Waals surface area contributed by atoms with Crippen LogP contribution in [0.2, 0.25) is 0 Å². The van der Waals surface area contributed by atoms with Crippen molar-refractivity contribution >= 4 is 29.2 Å². The summed E-state index contributed by atoms with van der Waals surface area (Å²) in [6, 6.07) is 25.4. The molecule has 4 aromatic rings. The molecule has 9 heteroatoms. The molecule has 0 bridgehead atoms. The van der Waals surface area contributed by atoms with E-state index in [1.54, 1.807) is 43.3 Å². The van der Waals surface area contributed by atoms with Gasteiger partial charge in [-0.25, -0.2) is 4.79 Å². The number of halogens is 3. The van der Waals surface area contributed by atoms with E-state index >= 15 is 0 Å². The van der Waals surface area contributed by atoms with Gasteiger partial charge in [-0.05, 0) is 78.4 Å². The summed E-state index contributed by atoms with van der Waals surface area (Å²) in [7, 11) is 0. The fraction of sp³-hybridized carbons (Fsp3) is 0.182. The molecule has 0 saturated carbocycles. The van der Waals surface area contributed by atoms with E-state index in [1.807, 2.05) is 36.4 Å². The first-order chi connectivity index (χ1) is 20.0. The van der Waals surface area contributed by atoms with Crippen molar-refractivity contribution in [3.05, 3.63) is 119 Å². The number of anilines is 2. The summed E-state index contributed by atoms with van der Waals surface area (Å²) >= 11 is 0. The molecule has 0 aliphatic heterocycles. The van der Waals surface area contributed by atoms with Crippen LogP contribution >= 0.6 is 0 Å². The Hall–Kier alpha value is -4.92. The van der Waals surface area contributed by atoms with Gasteiger partial charge in [-0.15, -0.1) is 0 Å². The van der Waals surface area contributed by atoms with E-state index in [0.29, 0.717) is 24.1 Å². The van der Waals surface area contributed by atoms with Gasteiger partial charge >= 0.3 is 18.2 Å². The fourth-order valence-corrected chi connectivity index (χ4v) is 4.57. The molecule has 1 atom stereocenters. The van der Waals surface area contributed by atoms with Crippen LogP contribution in [0.1, 0.15) is 39.9 Å². The third-order valence-electron chi connectivity index (χ3n) is 6.88. The van der Waals surface area contributed by atoms with Crippen LogP contribution in [0.5, 0.6) is 0 Å². The van der Waals surface area contributed by atoms with Crippen LogP contribution in [0.25, 0.3) is 11.1 Å². The highest BCUT2D eigenvalue weighted by molar-refractivity contribution is 6.00. The second kappa shape index (κ2) is 13.2. The number of carboxylic acid groups (broad SMARTS) is 1. The number of nitrogens with one attached hydrogen (secondary N) is 2. The highest BCUT2D eigenvalue weighted by atomic mass is 19.4. The van der Waals surface area contributed by atoms with E-state index in [9.17, 15) is 32.7 Å². The Balaban J connectivity index is 1.35. The molecular weight excluding hydrogens is 545 g/mol. The van der Waals surface area contributed by atoms with Crippen LogP contribution in [-0.4, -0.2) is 22.9 Å². The number of ketones is 1. The van der Waals surface area contributed by atoms with Gasteiger partial charge in [0.25, 0.3) is 0 Å². The molecule has 0 saturated heterocycles. The molecule has 1 unspecified atom stereocenters. The quantitative estimate of drug-likeness (QED) is 0.166. The number of carbonyl (C=O) groups excluding carboxylic acids is 2. The average molecular weight is 575 g/mol. The molecule has 0 fully saturated rings. The first-order valence-corrected chi connectivity index (χ1v) is 13.3. The van der Waals surface area contributed by atoms with E-state index in [2.05, 4.69) is 10.6 Å². The molecule has 6 nitrogen and oxygen atoms in total. The number of alkyl halides is 3. The molecule has 0 aliphatic rings. The van der Waals surface area contributed by atoms with Gasteiger partial charge in [0, 0.05) is 23.4 Å². The number of Topliss-reactive ketones (excluding diaryl/α,β-unsaturated/α-hetero) is 1. The highest BCUT2D eigenvalue weighted by Gasteiger charge is 2.30. The van der Waals surface area contributed by atoms with Gasteiger partial charge in [0.1, 0.15) is 0 Å². The predicted octanol–water partition coefficient (Wildman–Crippen LogP) is 8.23. The van der Waals surface area contributed by atoms with Crippen LogP contribution in [0.4, 0.5) is 29.3 Å². The summed E-state index contributed by atoms with van der Waals surface area (Å²) in [5, 5.41) is 14.8. The Morgan fingerprint density at radius 2 is 1.36 bits per heavy atom. The van der Waals surface area contributed by atoms with Gasteiger partial charge in [0.2, 0.25) is 0 Å². The number of aryl methyl sites for hydroxylation is 2. The number of carbonyl (C=O) groups is 3. The van der Waals surface area contributed by atoms with E-state index < -0.39 is 29.7 Å². The first-order valence-electron chi connectivity index (χ1n) is 13.3. The van der Waals surface area contributed by atoms with Crippen molar-refractivity contribution in [3.63, 3.8) is 0 Å².